The molecule has 1 heterocycles. The molecule has 2 amide bonds. The molecule has 1 fully saturated rings. The highest BCUT2D eigenvalue weighted by Gasteiger charge is 2.36. The predicted molar refractivity (Wildman–Crippen MR) is 53.7 cm³/mol. The Balaban J connectivity index is 2.33. The summed E-state index contributed by atoms with van der Waals surface area (Å²) in [6.45, 7) is 0.142. The van der Waals surface area contributed by atoms with Crippen LogP contribution in [-0.2, 0) is 4.79 Å². The second-order valence-electron chi connectivity index (χ2n) is 3.25. The molecule has 1 aromatic carbocycles. The summed E-state index contributed by atoms with van der Waals surface area (Å²) in [5.41, 5.74) is 0.597. The number of carboxylic acid groups (broad SMARTS) is 1. The van der Waals surface area contributed by atoms with Crippen LogP contribution in [0.2, 0.25) is 0 Å². The lowest BCUT2D eigenvalue weighted by atomic mass is 10.2. The monoisotopic (exact) mass is 206 g/mol. The lowest BCUT2D eigenvalue weighted by molar-refractivity contribution is -0.137. The molecule has 1 aliphatic rings. The summed E-state index contributed by atoms with van der Waals surface area (Å²) in [7, 11) is 0. The first kappa shape index (κ1) is 9.51. The van der Waals surface area contributed by atoms with Crippen LogP contribution in [0.25, 0.3) is 0 Å². The number of para-hydroxylation sites is 1. The molecule has 1 aliphatic heterocycles. The highest BCUT2D eigenvalue weighted by atomic mass is 16.4. The third kappa shape index (κ3) is 1.63. The number of carbonyl (C=O) groups is 2. The second-order valence-corrected chi connectivity index (χ2v) is 3.25. The molecule has 1 unspecified atom stereocenters. The van der Waals surface area contributed by atoms with Crippen LogP contribution in [0.1, 0.15) is 0 Å². The third-order valence-corrected chi connectivity index (χ3v) is 2.30. The van der Waals surface area contributed by atoms with Crippen LogP contribution in [-0.4, -0.2) is 29.7 Å². The van der Waals surface area contributed by atoms with Crippen LogP contribution >= 0.6 is 0 Å². The lowest BCUT2D eigenvalue weighted by Crippen LogP contribution is -2.39. The fourth-order valence-corrected chi connectivity index (χ4v) is 1.59. The van der Waals surface area contributed by atoms with Crippen molar-refractivity contribution >= 4 is 17.7 Å². The van der Waals surface area contributed by atoms with Gasteiger partial charge in [0.2, 0.25) is 0 Å². The molecule has 1 aromatic rings. The Morgan fingerprint density at radius 1 is 1.40 bits per heavy atom. The van der Waals surface area contributed by atoms with E-state index in [1.54, 1.807) is 24.3 Å². The number of aliphatic carboxylic acids is 1. The van der Waals surface area contributed by atoms with Crippen LogP contribution in [0.3, 0.4) is 0 Å². The van der Waals surface area contributed by atoms with E-state index in [9.17, 15) is 9.59 Å². The molecule has 0 spiro atoms. The average Bonchev–Trinajstić information content (AvgIpc) is 2.61. The SMILES string of the molecule is O=C(O)C1CNC(=O)N1c1ccccc1. The Labute approximate surface area is 86.3 Å². The number of urea groups is 1. The van der Waals surface area contributed by atoms with E-state index in [0.29, 0.717) is 5.69 Å². The number of anilines is 1. The number of hydrogen-bond acceptors (Lipinski definition) is 2. The fraction of sp³-hybridized carbons (Fsp3) is 0.200. The van der Waals surface area contributed by atoms with Gasteiger partial charge in [-0.3, -0.25) is 4.90 Å². The number of hydrogen-bond donors (Lipinski definition) is 2. The molecule has 2 N–H and O–H groups in total. The zero-order valence-electron chi connectivity index (χ0n) is 7.88. The van der Waals surface area contributed by atoms with E-state index in [4.69, 9.17) is 5.11 Å². The zero-order valence-corrected chi connectivity index (χ0v) is 7.88. The first-order valence-electron chi connectivity index (χ1n) is 4.55. The fourth-order valence-electron chi connectivity index (χ4n) is 1.59. The van der Waals surface area contributed by atoms with Gasteiger partial charge in [0.05, 0.1) is 6.54 Å². The second kappa shape index (κ2) is 3.61. The largest absolute Gasteiger partial charge is 0.480 e. The van der Waals surface area contributed by atoms with Gasteiger partial charge in [-0.15, -0.1) is 0 Å². The summed E-state index contributed by atoms with van der Waals surface area (Å²) < 4.78 is 0. The summed E-state index contributed by atoms with van der Waals surface area (Å²) in [6.07, 6.45) is 0. The molecule has 1 atom stereocenters. The number of carboxylic acids is 1. The van der Waals surface area contributed by atoms with Crippen molar-refractivity contribution in [2.75, 3.05) is 11.4 Å². The van der Waals surface area contributed by atoms with Crippen LogP contribution < -0.4 is 10.2 Å². The van der Waals surface area contributed by atoms with Crippen molar-refractivity contribution in [2.45, 2.75) is 6.04 Å². The highest BCUT2D eigenvalue weighted by molar-refractivity contribution is 6.01. The smallest absolute Gasteiger partial charge is 0.328 e. The Hall–Kier alpha value is -2.04. The third-order valence-electron chi connectivity index (χ3n) is 2.30. The number of amides is 2. The minimum atomic E-state index is -1.00. The van der Waals surface area contributed by atoms with Crippen LogP contribution in [0.5, 0.6) is 0 Å². The Kier molecular flexibility index (Phi) is 2.29. The quantitative estimate of drug-likeness (QED) is 0.747. The van der Waals surface area contributed by atoms with Gasteiger partial charge in [-0.25, -0.2) is 9.59 Å². The maximum atomic E-state index is 11.4. The normalized spacial score (nSPS) is 20.1. The molecule has 5 nitrogen and oxygen atoms in total. The van der Waals surface area contributed by atoms with E-state index in [0.717, 1.165) is 0 Å². The average molecular weight is 206 g/mol. The summed E-state index contributed by atoms with van der Waals surface area (Å²) in [6, 6.07) is 7.57. The molecular weight excluding hydrogens is 196 g/mol. The summed E-state index contributed by atoms with van der Waals surface area (Å²) in [4.78, 5) is 23.6. The first-order valence-corrected chi connectivity index (χ1v) is 4.55. The number of nitrogens with zero attached hydrogens (tertiary/aromatic N) is 1. The van der Waals surface area contributed by atoms with Gasteiger partial charge in [0.25, 0.3) is 0 Å². The minimum absolute atomic E-state index is 0.142. The first-order chi connectivity index (χ1) is 7.20. The van der Waals surface area contributed by atoms with Gasteiger partial charge in [0.1, 0.15) is 0 Å². The maximum Gasteiger partial charge on any atom is 0.328 e. The molecule has 78 valence electrons. The number of nitrogens with one attached hydrogen (secondary N) is 1. The van der Waals surface area contributed by atoms with Gasteiger partial charge in [-0.1, -0.05) is 18.2 Å². The van der Waals surface area contributed by atoms with Crippen molar-refractivity contribution in [1.29, 1.82) is 0 Å². The number of rotatable bonds is 2. The summed E-state index contributed by atoms with van der Waals surface area (Å²) in [5.74, 6) is -1.00. The zero-order chi connectivity index (χ0) is 10.8. The molecule has 0 aliphatic carbocycles. The van der Waals surface area contributed by atoms with Crippen molar-refractivity contribution in [2.24, 2.45) is 0 Å². The molecule has 0 bridgehead atoms. The van der Waals surface area contributed by atoms with Crippen molar-refractivity contribution in [3.05, 3.63) is 30.3 Å². The topological polar surface area (TPSA) is 69.6 Å². The summed E-state index contributed by atoms with van der Waals surface area (Å²) >= 11 is 0. The molecule has 1 saturated heterocycles. The van der Waals surface area contributed by atoms with E-state index in [-0.39, 0.29) is 12.6 Å². The highest BCUT2D eigenvalue weighted by Crippen LogP contribution is 2.19. The van der Waals surface area contributed by atoms with Crippen LogP contribution in [0.15, 0.2) is 30.3 Å². The minimum Gasteiger partial charge on any atom is -0.480 e. The van der Waals surface area contributed by atoms with E-state index in [1.165, 1.54) is 4.90 Å². The van der Waals surface area contributed by atoms with Crippen molar-refractivity contribution in [3.63, 3.8) is 0 Å². The van der Waals surface area contributed by atoms with Gasteiger partial charge < -0.3 is 10.4 Å². The van der Waals surface area contributed by atoms with Gasteiger partial charge in [-0.2, -0.15) is 0 Å². The standard InChI is InChI=1S/C10H10N2O3/c13-9(14)8-6-11-10(15)12(8)7-4-2-1-3-5-7/h1-5,8H,6H2,(H,11,15)(H,13,14). The Morgan fingerprint density at radius 3 is 2.67 bits per heavy atom. The Bertz CT molecular complexity index is 391. The van der Waals surface area contributed by atoms with Crippen molar-refractivity contribution < 1.29 is 14.7 Å². The molecule has 0 radical (unpaired) electrons. The predicted octanol–water partition coefficient (Wildman–Crippen LogP) is 0.669. The lowest BCUT2D eigenvalue weighted by Gasteiger charge is -2.19. The maximum absolute atomic E-state index is 11.4. The van der Waals surface area contributed by atoms with Crippen molar-refractivity contribution in [1.82, 2.24) is 5.32 Å². The molecule has 15 heavy (non-hydrogen) atoms. The number of benzene rings is 1. The van der Waals surface area contributed by atoms with E-state index in [1.807, 2.05) is 6.07 Å². The number of carbonyl (C=O) groups excluding carboxylic acids is 1. The van der Waals surface area contributed by atoms with Crippen LogP contribution in [0.4, 0.5) is 10.5 Å². The van der Waals surface area contributed by atoms with Gasteiger partial charge >= 0.3 is 12.0 Å². The summed E-state index contributed by atoms with van der Waals surface area (Å²) in [5, 5.41) is 11.4. The van der Waals surface area contributed by atoms with E-state index >= 15 is 0 Å². The molecule has 5 heteroatoms. The molecule has 0 saturated carbocycles. The molecule has 2 rings (SSSR count). The molecule has 0 aromatic heterocycles. The van der Waals surface area contributed by atoms with Gasteiger partial charge in [-0.05, 0) is 12.1 Å². The van der Waals surface area contributed by atoms with E-state index in [2.05, 4.69) is 5.32 Å². The van der Waals surface area contributed by atoms with Crippen LogP contribution in [0, 0.1) is 0 Å². The van der Waals surface area contributed by atoms with Crippen molar-refractivity contribution in [3.8, 4) is 0 Å². The Morgan fingerprint density at radius 2 is 2.07 bits per heavy atom. The molecular formula is C10H10N2O3. The van der Waals surface area contributed by atoms with Gasteiger partial charge in [0, 0.05) is 5.69 Å². The van der Waals surface area contributed by atoms with Gasteiger partial charge in [0.15, 0.2) is 6.04 Å². The van der Waals surface area contributed by atoms with E-state index < -0.39 is 12.0 Å².